The van der Waals surface area contributed by atoms with Gasteiger partial charge in [-0.3, -0.25) is 4.79 Å². The van der Waals surface area contributed by atoms with Crippen molar-refractivity contribution < 1.29 is 9.53 Å². The zero-order valence-electron chi connectivity index (χ0n) is 12.0. The summed E-state index contributed by atoms with van der Waals surface area (Å²) in [4.78, 5) is 15.3. The molecule has 3 atom stereocenters. The molecule has 114 valence electrons. The standard InChI is InChI=1S/C16H19BrClNO2/c1-10(21-15-4-2-3-12(18)9-15)16(20)19-13-5-6-14(19)8-11(17)7-13/h2-4,9-11,13-14H,5-8H2,1H3. The minimum atomic E-state index is -0.474. The Balaban J connectivity index is 1.68. The monoisotopic (exact) mass is 371 g/mol. The topological polar surface area (TPSA) is 29.5 Å². The second-order valence-corrected chi connectivity index (χ2v) is 7.65. The lowest BCUT2D eigenvalue weighted by atomic mass is 10.0. The van der Waals surface area contributed by atoms with Crippen LogP contribution in [0.2, 0.25) is 5.02 Å². The molecular weight excluding hydrogens is 354 g/mol. The van der Waals surface area contributed by atoms with Crippen LogP contribution in [0.5, 0.6) is 5.75 Å². The van der Waals surface area contributed by atoms with Gasteiger partial charge in [0, 0.05) is 21.9 Å². The number of carbonyl (C=O) groups excluding carboxylic acids is 1. The Bertz CT molecular complexity index is 525. The van der Waals surface area contributed by atoms with Crippen molar-refractivity contribution in [2.75, 3.05) is 0 Å². The molecule has 3 unspecified atom stereocenters. The number of nitrogens with zero attached hydrogens (tertiary/aromatic N) is 1. The largest absolute Gasteiger partial charge is 0.481 e. The number of fused-ring (bicyclic) bond motifs is 2. The molecular formula is C16H19BrClNO2. The highest BCUT2D eigenvalue weighted by Gasteiger charge is 2.43. The number of halogens is 2. The molecule has 1 aromatic rings. The van der Waals surface area contributed by atoms with Crippen LogP contribution in [0, 0.1) is 0 Å². The predicted octanol–water partition coefficient (Wildman–Crippen LogP) is 4.02. The second kappa shape index (κ2) is 6.17. The van der Waals surface area contributed by atoms with Gasteiger partial charge >= 0.3 is 0 Å². The first-order valence-corrected chi connectivity index (χ1v) is 8.72. The zero-order valence-corrected chi connectivity index (χ0v) is 14.3. The van der Waals surface area contributed by atoms with Gasteiger partial charge in [-0.25, -0.2) is 0 Å². The summed E-state index contributed by atoms with van der Waals surface area (Å²) in [6.45, 7) is 1.82. The molecule has 2 heterocycles. The van der Waals surface area contributed by atoms with Gasteiger partial charge in [0.2, 0.25) is 0 Å². The third-order valence-corrected chi connectivity index (χ3v) is 5.37. The van der Waals surface area contributed by atoms with Crippen LogP contribution in [0.3, 0.4) is 0 Å². The van der Waals surface area contributed by atoms with Gasteiger partial charge in [-0.05, 0) is 50.8 Å². The number of piperidine rings is 1. The van der Waals surface area contributed by atoms with Gasteiger partial charge in [0.25, 0.3) is 5.91 Å². The van der Waals surface area contributed by atoms with E-state index in [1.165, 1.54) is 0 Å². The Morgan fingerprint density at radius 2 is 2.05 bits per heavy atom. The number of hydrogen-bond donors (Lipinski definition) is 0. The summed E-state index contributed by atoms with van der Waals surface area (Å²) in [5.74, 6) is 0.743. The molecule has 2 aliphatic rings. The van der Waals surface area contributed by atoms with Gasteiger partial charge < -0.3 is 9.64 Å². The number of amides is 1. The summed E-state index contributed by atoms with van der Waals surface area (Å²) >= 11 is 9.65. The van der Waals surface area contributed by atoms with Crippen LogP contribution in [-0.4, -0.2) is 33.8 Å². The molecule has 0 aliphatic carbocycles. The maximum absolute atomic E-state index is 12.7. The Morgan fingerprint density at radius 3 is 2.67 bits per heavy atom. The van der Waals surface area contributed by atoms with Crippen molar-refractivity contribution in [2.24, 2.45) is 0 Å². The van der Waals surface area contributed by atoms with E-state index < -0.39 is 6.10 Å². The average molecular weight is 373 g/mol. The van der Waals surface area contributed by atoms with E-state index in [0.717, 1.165) is 25.7 Å². The van der Waals surface area contributed by atoms with Crippen LogP contribution in [0.15, 0.2) is 24.3 Å². The van der Waals surface area contributed by atoms with Gasteiger partial charge in [0.15, 0.2) is 6.10 Å². The molecule has 21 heavy (non-hydrogen) atoms. The van der Waals surface area contributed by atoms with E-state index in [1.807, 2.05) is 19.1 Å². The maximum Gasteiger partial charge on any atom is 0.263 e. The number of hydrogen-bond acceptors (Lipinski definition) is 2. The molecule has 5 heteroatoms. The van der Waals surface area contributed by atoms with Crippen molar-refractivity contribution in [3.63, 3.8) is 0 Å². The summed E-state index contributed by atoms with van der Waals surface area (Å²) in [6, 6.07) is 7.92. The van der Waals surface area contributed by atoms with Gasteiger partial charge in [-0.1, -0.05) is 33.6 Å². The predicted molar refractivity (Wildman–Crippen MR) is 87.1 cm³/mol. The minimum absolute atomic E-state index is 0.0990. The fourth-order valence-electron chi connectivity index (χ4n) is 3.48. The molecule has 0 N–H and O–H groups in total. The van der Waals surface area contributed by atoms with Crippen LogP contribution >= 0.6 is 27.5 Å². The number of rotatable bonds is 3. The highest BCUT2D eigenvalue weighted by molar-refractivity contribution is 9.09. The molecule has 1 aromatic carbocycles. The van der Waals surface area contributed by atoms with Crippen molar-refractivity contribution >= 4 is 33.4 Å². The number of carbonyl (C=O) groups is 1. The molecule has 0 saturated carbocycles. The molecule has 0 aromatic heterocycles. The Labute approximate surface area is 138 Å². The molecule has 2 fully saturated rings. The van der Waals surface area contributed by atoms with Crippen LogP contribution in [0.4, 0.5) is 0 Å². The van der Waals surface area contributed by atoms with Gasteiger partial charge in [-0.2, -0.15) is 0 Å². The Morgan fingerprint density at radius 1 is 1.38 bits per heavy atom. The summed E-state index contributed by atoms with van der Waals surface area (Å²) < 4.78 is 5.77. The number of alkyl halides is 1. The second-order valence-electron chi connectivity index (χ2n) is 5.92. The summed E-state index contributed by atoms with van der Waals surface area (Å²) in [6.07, 6.45) is 3.85. The molecule has 0 radical (unpaired) electrons. The summed E-state index contributed by atoms with van der Waals surface area (Å²) in [5.41, 5.74) is 0. The molecule has 1 amide bonds. The minimum Gasteiger partial charge on any atom is -0.481 e. The smallest absolute Gasteiger partial charge is 0.263 e. The van der Waals surface area contributed by atoms with Crippen LogP contribution < -0.4 is 4.74 Å². The van der Waals surface area contributed by atoms with Crippen molar-refractivity contribution in [1.29, 1.82) is 0 Å². The lowest BCUT2D eigenvalue weighted by Crippen LogP contribution is -2.51. The number of ether oxygens (including phenoxy) is 1. The van der Waals surface area contributed by atoms with Crippen LogP contribution in [0.1, 0.15) is 32.6 Å². The molecule has 0 spiro atoms. The van der Waals surface area contributed by atoms with Crippen molar-refractivity contribution in [1.82, 2.24) is 4.90 Å². The fourth-order valence-corrected chi connectivity index (χ4v) is 4.52. The summed E-state index contributed by atoms with van der Waals surface area (Å²) in [5, 5.41) is 0.618. The fraction of sp³-hybridized carbons (Fsp3) is 0.562. The molecule has 2 bridgehead atoms. The van der Waals surface area contributed by atoms with Crippen molar-refractivity contribution in [3.05, 3.63) is 29.3 Å². The van der Waals surface area contributed by atoms with E-state index in [9.17, 15) is 4.79 Å². The quantitative estimate of drug-likeness (QED) is 0.750. The highest BCUT2D eigenvalue weighted by Crippen LogP contribution is 2.39. The first-order chi connectivity index (χ1) is 10.0. The van der Waals surface area contributed by atoms with Gasteiger partial charge in [-0.15, -0.1) is 0 Å². The maximum atomic E-state index is 12.7. The van der Waals surface area contributed by atoms with Crippen molar-refractivity contribution in [2.45, 2.75) is 55.6 Å². The van der Waals surface area contributed by atoms with E-state index in [4.69, 9.17) is 16.3 Å². The summed E-state index contributed by atoms with van der Waals surface area (Å²) in [7, 11) is 0. The zero-order chi connectivity index (χ0) is 15.0. The lowest BCUT2D eigenvalue weighted by Gasteiger charge is -2.38. The first kappa shape index (κ1) is 15.2. The average Bonchev–Trinajstić information content (AvgIpc) is 2.70. The Hall–Kier alpha value is -0.740. The highest BCUT2D eigenvalue weighted by atomic mass is 79.9. The van der Waals surface area contributed by atoms with E-state index >= 15 is 0 Å². The van der Waals surface area contributed by atoms with Crippen LogP contribution in [-0.2, 0) is 4.79 Å². The third-order valence-electron chi connectivity index (χ3n) is 4.39. The van der Waals surface area contributed by atoms with Crippen LogP contribution in [0.25, 0.3) is 0 Å². The van der Waals surface area contributed by atoms with E-state index in [-0.39, 0.29) is 5.91 Å². The van der Waals surface area contributed by atoms with E-state index in [1.54, 1.807) is 12.1 Å². The van der Waals surface area contributed by atoms with E-state index in [2.05, 4.69) is 20.8 Å². The van der Waals surface area contributed by atoms with Crippen molar-refractivity contribution in [3.8, 4) is 5.75 Å². The molecule has 2 saturated heterocycles. The first-order valence-electron chi connectivity index (χ1n) is 7.43. The van der Waals surface area contributed by atoms with E-state index in [0.29, 0.717) is 27.7 Å². The molecule has 3 nitrogen and oxygen atoms in total. The lowest BCUT2D eigenvalue weighted by molar-refractivity contribution is -0.142. The third kappa shape index (κ3) is 3.21. The normalized spacial score (nSPS) is 29.3. The van der Waals surface area contributed by atoms with Gasteiger partial charge in [0.1, 0.15) is 5.75 Å². The SMILES string of the molecule is CC(Oc1cccc(Cl)c1)C(=O)N1C2CCC1CC(Br)C2. The number of benzene rings is 1. The molecule has 2 aliphatic heterocycles. The van der Waals surface area contributed by atoms with Gasteiger partial charge in [0.05, 0.1) is 0 Å². The molecule has 3 rings (SSSR count). The Kier molecular flexibility index (Phi) is 4.46.